The van der Waals surface area contributed by atoms with E-state index in [4.69, 9.17) is 5.73 Å². The zero-order valence-electron chi connectivity index (χ0n) is 7.23. The van der Waals surface area contributed by atoms with Crippen LogP contribution >= 0.6 is 0 Å². The van der Waals surface area contributed by atoms with Gasteiger partial charge in [0.05, 0.1) is 18.0 Å². The van der Waals surface area contributed by atoms with E-state index in [1.807, 2.05) is 0 Å². The summed E-state index contributed by atoms with van der Waals surface area (Å²) in [7, 11) is 0. The molecule has 0 fully saturated rings. The fraction of sp³-hybridized carbons (Fsp3) is 0.250. The highest BCUT2D eigenvalue weighted by Gasteiger charge is 2.01. The zero-order valence-corrected chi connectivity index (χ0v) is 8.05. The van der Waals surface area contributed by atoms with E-state index in [0.717, 1.165) is 0 Å². The number of hydrogen-bond donors (Lipinski definition) is 1. The SMILES string of the molecule is NCc1ccc(COS(=O)[O-])cc1F. The molecule has 4 nitrogen and oxygen atoms in total. The van der Waals surface area contributed by atoms with Gasteiger partial charge in [-0.3, -0.25) is 4.18 Å². The first-order chi connectivity index (χ1) is 6.63. The van der Waals surface area contributed by atoms with E-state index in [2.05, 4.69) is 4.18 Å². The Kier molecular flexibility index (Phi) is 4.15. The summed E-state index contributed by atoms with van der Waals surface area (Å²) in [6.07, 6.45) is 0. The van der Waals surface area contributed by atoms with Crippen molar-refractivity contribution in [3.8, 4) is 0 Å². The lowest BCUT2D eigenvalue weighted by molar-refractivity contribution is 0.290. The maximum absolute atomic E-state index is 13.1. The highest BCUT2D eigenvalue weighted by molar-refractivity contribution is 7.74. The minimum atomic E-state index is -2.58. The lowest BCUT2D eigenvalue weighted by Gasteiger charge is -2.07. The van der Waals surface area contributed by atoms with Crippen molar-refractivity contribution in [2.75, 3.05) is 0 Å². The first-order valence-corrected chi connectivity index (χ1v) is 4.83. The zero-order chi connectivity index (χ0) is 10.6. The third-order valence-corrected chi connectivity index (χ3v) is 1.97. The van der Waals surface area contributed by atoms with Gasteiger partial charge in [0, 0.05) is 12.1 Å². The van der Waals surface area contributed by atoms with Crippen LogP contribution in [0.25, 0.3) is 0 Å². The standard InChI is InChI=1S/C8H10FNO3S/c9-8-3-6(5-13-14(11)12)1-2-7(8)4-10/h1-3H,4-5,10H2,(H,11,12)/p-1. The van der Waals surface area contributed by atoms with Crippen molar-refractivity contribution in [2.24, 2.45) is 5.73 Å². The van der Waals surface area contributed by atoms with Crippen molar-refractivity contribution in [1.82, 2.24) is 0 Å². The highest BCUT2D eigenvalue weighted by Crippen LogP contribution is 2.10. The largest absolute Gasteiger partial charge is 0.750 e. The molecule has 2 N–H and O–H groups in total. The minimum Gasteiger partial charge on any atom is -0.750 e. The van der Waals surface area contributed by atoms with Crippen LogP contribution < -0.4 is 5.73 Å². The Balaban J connectivity index is 2.71. The van der Waals surface area contributed by atoms with Gasteiger partial charge in [0.25, 0.3) is 0 Å². The maximum Gasteiger partial charge on any atom is 0.128 e. The molecule has 0 saturated heterocycles. The Morgan fingerprint density at radius 3 is 2.79 bits per heavy atom. The molecule has 0 aliphatic rings. The Morgan fingerprint density at radius 1 is 1.57 bits per heavy atom. The van der Waals surface area contributed by atoms with Crippen molar-refractivity contribution in [1.29, 1.82) is 0 Å². The molecule has 0 bridgehead atoms. The molecule has 6 heteroatoms. The van der Waals surface area contributed by atoms with Crippen LogP contribution in [0.2, 0.25) is 0 Å². The van der Waals surface area contributed by atoms with Gasteiger partial charge < -0.3 is 10.3 Å². The smallest absolute Gasteiger partial charge is 0.128 e. The summed E-state index contributed by atoms with van der Waals surface area (Å²) in [5, 5.41) is 0. The number of rotatable bonds is 4. The van der Waals surface area contributed by atoms with Crippen LogP contribution in [0.4, 0.5) is 4.39 Å². The Morgan fingerprint density at radius 2 is 2.29 bits per heavy atom. The third-order valence-electron chi connectivity index (χ3n) is 1.66. The topological polar surface area (TPSA) is 75.4 Å². The van der Waals surface area contributed by atoms with Gasteiger partial charge >= 0.3 is 0 Å². The predicted octanol–water partition coefficient (Wildman–Crippen LogP) is 0.595. The molecule has 14 heavy (non-hydrogen) atoms. The molecular weight excluding hydrogens is 209 g/mol. The van der Waals surface area contributed by atoms with Gasteiger partial charge in [-0.2, -0.15) is 0 Å². The van der Waals surface area contributed by atoms with E-state index in [-0.39, 0.29) is 13.2 Å². The van der Waals surface area contributed by atoms with Crippen molar-refractivity contribution in [2.45, 2.75) is 13.2 Å². The molecule has 0 saturated carbocycles. The van der Waals surface area contributed by atoms with Gasteiger partial charge in [-0.25, -0.2) is 8.60 Å². The molecule has 0 spiro atoms. The average Bonchev–Trinajstić information content (AvgIpc) is 2.15. The molecule has 1 atom stereocenters. The Labute approximate surface area is 83.4 Å². The van der Waals surface area contributed by atoms with Crippen LogP contribution in [0, 0.1) is 5.82 Å². The molecule has 0 aromatic heterocycles. The normalized spacial score (nSPS) is 12.8. The van der Waals surface area contributed by atoms with Crippen molar-refractivity contribution >= 4 is 11.4 Å². The number of benzene rings is 1. The van der Waals surface area contributed by atoms with Crippen molar-refractivity contribution in [3.05, 3.63) is 35.1 Å². The molecule has 0 amide bonds. The van der Waals surface area contributed by atoms with Crippen LogP contribution in [-0.2, 0) is 28.7 Å². The fourth-order valence-corrected chi connectivity index (χ4v) is 1.19. The van der Waals surface area contributed by atoms with Crippen LogP contribution in [0.15, 0.2) is 18.2 Å². The molecule has 1 aromatic rings. The lowest BCUT2D eigenvalue weighted by atomic mass is 10.1. The van der Waals surface area contributed by atoms with E-state index < -0.39 is 17.2 Å². The Bertz CT molecular complexity index is 345. The van der Waals surface area contributed by atoms with E-state index in [0.29, 0.717) is 11.1 Å². The van der Waals surface area contributed by atoms with Crippen LogP contribution in [0.3, 0.4) is 0 Å². The molecular formula is C8H9FNO3S-. The molecule has 0 aliphatic carbocycles. The average molecular weight is 218 g/mol. The van der Waals surface area contributed by atoms with Crippen LogP contribution in [0.1, 0.15) is 11.1 Å². The monoisotopic (exact) mass is 218 g/mol. The summed E-state index contributed by atoms with van der Waals surface area (Å²) in [5.74, 6) is -0.453. The summed E-state index contributed by atoms with van der Waals surface area (Å²) in [6, 6.07) is 4.27. The molecule has 1 aromatic carbocycles. The minimum absolute atomic E-state index is 0.112. The van der Waals surface area contributed by atoms with Gasteiger partial charge in [-0.1, -0.05) is 12.1 Å². The predicted molar refractivity (Wildman–Crippen MR) is 48.0 cm³/mol. The lowest BCUT2D eigenvalue weighted by Crippen LogP contribution is -2.02. The quantitative estimate of drug-likeness (QED) is 0.751. The first kappa shape index (κ1) is 11.3. The van der Waals surface area contributed by atoms with Crippen molar-refractivity contribution < 1.29 is 17.3 Å². The summed E-state index contributed by atoms with van der Waals surface area (Å²) in [5.41, 5.74) is 6.09. The maximum atomic E-state index is 13.1. The molecule has 0 radical (unpaired) electrons. The fourth-order valence-electron chi connectivity index (χ4n) is 0.962. The number of hydrogen-bond acceptors (Lipinski definition) is 4. The van der Waals surface area contributed by atoms with Gasteiger partial charge in [-0.15, -0.1) is 0 Å². The second-order valence-corrected chi connectivity index (χ2v) is 3.24. The van der Waals surface area contributed by atoms with Gasteiger partial charge in [-0.05, 0) is 11.6 Å². The van der Waals surface area contributed by atoms with E-state index >= 15 is 0 Å². The molecule has 78 valence electrons. The third kappa shape index (κ3) is 3.15. The van der Waals surface area contributed by atoms with Gasteiger partial charge in [0.2, 0.25) is 0 Å². The van der Waals surface area contributed by atoms with Crippen molar-refractivity contribution in [3.63, 3.8) is 0 Å². The number of halogens is 1. The second kappa shape index (κ2) is 5.16. The van der Waals surface area contributed by atoms with E-state index in [9.17, 15) is 13.2 Å². The molecule has 1 unspecified atom stereocenters. The van der Waals surface area contributed by atoms with E-state index in [1.54, 1.807) is 6.07 Å². The highest BCUT2D eigenvalue weighted by atomic mass is 32.2. The molecule has 0 heterocycles. The van der Waals surface area contributed by atoms with Crippen LogP contribution in [-0.4, -0.2) is 8.76 Å². The molecule has 1 rings (SSSR count). The molecule has 0 aliphatic heterocycles. The summed E-state index contributed by atoms with van der Waals surface area (Å²) < 4.78 is 37.4. The first-order valence-electron chi connectivity index (χ1n) is 3.83. The summed E-state index contributed by atoms with van der Waals surface area (Å²) in [6.45, 7) is -0.0572. The van der Waals surface area contributed by atoms with Gasteiger partial charge in [0.1, 0.15) is 5.82 Å². The van der Waals surface area contributed by atoms with Gasteiger partial charge in [0.15, 0.2) is 0 Å². The number of nitrogens with two attached hydrogens (primary N) is 1. The van der Waals surface area contributed by atoms with E-state index in [1.165, 1.54) is 12.1 Å². The summed E-state index contributed by atoms with van der Waals surface area (Å²) in [4.78, 5) is 0. The van der Waals surface area contributed by atoms with Crippen LogP contribution in [0.5, 0.6) is 0 Å². The second-order valence-electron chi connectivity index (χ2n) is 2.60. The Hall–Kier alpha value is -0.820. The summed E-state index contributed by atoms with van der Waals surface area (Å²) >= 11 is -2.58.